The second-order valence-corrected chi connectivity index (χ2v) is 4.82. The number of carbonyl (C=O) groups excluding carboxylic acids is 1. The fourth-order valence-electron chi connectivity index (χ4n) is 2.40. The van der Waals surface area contributed by atoms with Gasteiger partial charge in [0.25, 0.3) is 0 Å². The fraction of sp³-hybridized carbons (Fsp3) is 0.909. The van der Waals surface area contributed by atoms with E-state index in [1.165, 1.54) is 12.8 Å². The molecule has 0 aromatic carbocycles. The lowest BCUT2D eigenvalue weighted by atomic mass is 10.0. The molecule has 3 nitrogen and oxygen atoms in total. The van der Waals surface area contributed by atoms with Crippen LogP contribution >= 0.6 is 0 Å². The molecular formula is C11H19NO2. The van der Waals surface area contributed by atoms with Gasteiger partial charge in [0.15, 0.2) is 0 Å². The molecule has 2 atom stereocenters. The van der Waals surface area contributed by atoms with E-state index in [0.717, 1.165) is 12.8 Å². The Morgan fingerprint density at radius 2 is 1.86 bits per heavy atom. The SMILES string of the molecule is CC(C)C(=O)OC1CC2CCC(C1)N2. The van der Waals surface area contributed by atoms with Gasteiger partial charge in [-0.3, -0.25) is 4.79 Å². The Bertz CT molecular complexity index is 215. The molecule has 0 aromatic heterocycles. The largest absolute Gasteiger partial charge is 0.462 e. The molecule has 0 aromatic rings. The lowest BCUT2D eigenvalue weighted by Gasteiger charge is -2.29. The van der Waals surface area contributed by atoms with Crippen LogP contribution < -0.4 is 5.32 Å². The molecule has 2 unspecified atom stereocenters. The van der Waals surface area contributed by atoms with E-state index >= 15 is 0 Å². The van der Waals surface area contributed by atoms with Crippen molar-refractivity contribution in [2.75, 3.05) is 0 Å². The molecular weight excluding hydrogens is 178 g/mol. The van der Waals surface area contributed by atoms with Gasteiger partial charge >= 0.3 is 5.97 Å². The second-order valence-electron chi connectivity index (χ2n) is 4.82. The Balaban J connectivity index is 1.85. The average Bonchev–Trinajstić information content (AvgIpc) is 2.45. The summed E-state index contributed by atoms with van der Waals surface area (Å²) in [5.74, 6) is -0.0427. The first kappa shape index (κ1) is 9.97. The van der Waals surface area contributed by atoms with E-state index in [1.54, 1.807) is 0 Å². The van der Waals surface area contributed by atoms with Crippen molar-refractivity contribution in [1.82, 2.24) is 5.32 Å². The van der Waals surface area contributed by atoms with Crippen molar-refractivity contribution in [3.63, 3.8) is 0 Å². The van der Waals surface area contributed by atoms with Gasteiger partial charge in [0.05, 0.1) is 5.92 Å². The molecule has 80 valence electrons. The summed E-state index contributed by atoms with van der Waals surface area (Å²) in [6.07, 6.45) is 4.69. The zero-order valence-electron chi connectivity index (χ0n) is 8.95. The number of ether oxygens (including phenoxy) is 1. The van der Waals surface area contributed by atoms with Crippen molar-refractivity contribution >= 4 is 5.97 Å². The zero-order chi connectivity index (χ0) is 10.1. The van der Waals surface area contributed by atoms with Crippen LogP contribution in [-0.2, 0) is 9.53 Å². The molecule has 0 spiro atoms. The molecule has 0 amide bonds. The van der Waals surface area contributed by atoms with Crippen molar-refractivity contribution in [2.45, 2.75) is 57.7 Å². The quantitative estimate of drug-likeness (QED) is 0.681. The molecule has 0 saturated carbocycles. The molecule has 2 rings (SSSR count). The lowest BCUT2D eigenvalue weighted by Crippen LogP contribution is -2.42. The van der Waals surface area contributed by atoms with Crippen LogP contribution in [0.3, 0.4) is 0 Å². The monoisotopic (exact) mass is 197 g/mol. The van der Waals surface area contributed by atoms with Crippen LogP contribution in [-0.4, -0.2) is 24.2 Å². The Kier molecular flexibility index (Phi) is 2.77. The van der Waals surface area contributed by atoms with E-state index in [0.29, 0.717) is 12.1 Å². The van der Waals surface area contributed by atoms with Gasteiger partial charge in [-0.05, 0) is 25.7 Å². The van der Waals surface area contributed by atoms with Gasteiger partial charge < -0.3 is 10.1 Å². The molecule has 2 fully saturated rings. The third kappa shape index (κ3) is 2.08. The first-order valence-corrected chi connectivity index (χ1v) is 5.61. The molecule has 1 N–H and O–H groups in total. The van der Waals surface area contributed by atoms with E-state index in [1.807, 2.05) is 13.8 Å². The van der Waals surface area contributed by atoms with Crippen LogP contribution in [0.5, 0.6) is 0 Å². The Morgan fingerprint density at radius 1 is 1.29 bits per heavy atom. The molecule has 2 aliphatic rings. The summed E-state index contributed by atoms with van der Waals surface area (Å²) in [5, 5.41) is 3.53. The standard InChI is InChI=1S/C11H19NO2/c1-7(2)11(13)14-10-5-8-3-4-9(6-10)12-8/h7-10,12H,3-6H2,1-2H3. The maximum absolute atomic E-state index is 11.4. The highest BCUT2D eigenvalue weighted by molar-refractivity contribution is 5.71. The molecule has 2 aliphatic heterocycles. The van der Waals surface area contributed by atoms with Crippen molar-refractivity contribution in [3.05, 3.63) is 0 Å². The van der Waals surface area contributed by atoms with E-state index in [-0.39, 0.29) is 18.0 Å². The summed E-state index contributed by atoms with van der Waals surface area (Å²) in [6.45, 7) is 3.77. The maximum atomic E-state index is 11.4. The van der Waals surface area contributed by atoms with Gasteiger partial charge in [-0.25, -0.2) is 0 Å². The summed E-state index contributed by atoms with van der Waals surface area (Å²) in [4.78, 5) is 11.4. The van der Waals surface area contributed by atoms with Gasteiger partial charge in [-0.2, -0.15) is 0 Å². The highest BCUT2D eigenvalue weighted by Crippen LogP contribution is 2.28. The molecule has 2 saturated heterocycles. The van der Waals surface area contributed by atoms with Crippen molar-refractivity contribution in [1.29, 1.82) is 0 Å². The number of nitrogens with one attached hydrogen (secondary N) is 1. The number of fused-ring (bicyclic) bond motifs is 2. The average molecular weight is 197 g/mol. The Morgan fingerprint density at radius 3 is 2.36 bits per heavy atom. The van der Waals surface area contributed by atoms with Gasteiger partial charge in [0.1, 0.15) is 6.10 Å². The number of hydrogen-bond acceptors (Lipinski definition) is 3. The minimum atomic E-state index is -0.0451. The maximum Gasteiger partial charge on any atom is 0.308 e. The predicted molar refractivity (Wildman–Crippen MR) is 53.9 cm³/mol. The Hall–Kier alpha value is -0.570. The molecule has 14 heavy (non-hydrogen) atoms. The van der Waals surface area contributed by atoms with Gasteiger partial charge in [-0.1, -0.05) is 13.8 Å². The van der Waals surface area contributed by atoms with Crippen LogP contribution in [0, 0.1) is 5.92 Å². The topological polar surface area (TPSA) is 38.3 Å². The summed E-state index contributed by atoms with van der Waals surface area (Å²) in [6, 6.07) is 1.19. The molecule has 2 bridgehead atoms. The smallest absolute Gasteiger partial charge is 0.308 e. The van der Waals surface area contributed by atoms with Crippen molar-refractivity contribution < 1.29 is 9.53 Å². The van der Waals surface area contributed by atoms with E-state index in [4.69, 9.17) is 4.74 Å². The summed E-state index contributed by atoms with van der Waals surface area (Å²) < 4.78 is 5.45. The number of carbonyl (C=O) groups is 1. The lowest BCUT2D eigenvalue weighted by molar-refractivity contribution is -0.154. The minimum absolute atomic E-state index is 0.00235. The minimum Gasteiger partial charge on any atom is -0.462 e. The predicted octanol–water partition coefficient (Wildman–Crippen LogP) is 1.47. The van der Waals surface area contributed by atoms with Gasteiger partial charge in [0.2, 0.25) is 0 Å². The van der Waals surface area contributed by atoms with E-state index < -0.39 is 0 Å². The second kappa shape index (κ2) is 3.89. The highest BCUT2D eigenvalue weighted by Gasteiger charge is 2.35. The number of esters is 1. The third-order valence-electron chi connectivity index (χ3n) is 3.18. The fourth-order valence-corrected chi connectivity index (χ4v) is 2.40. The highest BCUT2D eigenvalue weighted by atomic mass is 16.5. The van der Waals surface area contributed by atoms with Gasteiger partial charge in [0, 0.05) is 12.1 Å². The molecule has 0 radical (unpaired) electrons. The molecule has 3 heteroatoms. The summed E-state index contributed by atoms with van der Waals surface area (Å²) >= 11 is 0. The van der Waals surface area contributed by atoms with Crippen molar-refractivity contribution in [2.24, 2.45) is 5.92 Å². The van der Waals surface area contributed by atoms with Gasteiger partial charge in [-0.15, -0.1) is 0 Å². The first-order valence-electron chi connectivity index (χ1n) is 5.61. The number of hydrogen-bond donors (Lipinski definition) is 1. The number of piperidine rings is 1. The van der Waals surface area contributed by atoms with Crippen molar-refractivity contribution in [3.8, 4) is 0 Å². The third-order valence-corrected chi connectivity index (χ3v) is 3.18. The van der Waals surface area contributed by atoms with Crippen LogP contribution in [0.25, 0.3) is 0 Å². The summed E-state index contributed by atoms with van der Waals surface area (Å²) in [5.41, 5.74) is 0. The van der Waals surface area contributed by atoms with E-state index in [2.05, 4.69) is 5.32 Å². The van der Waals surface area contributed by atoms with E-state index in [9.17, 15) is 4.79 Å². The molecule has 0 aliphatic carbocycles. The van der Waals surface area contributed by atoms with Crippen LogP contribution in [0.4, 0.5) is 0 Å². The summed E-state index contributed by atoms with van der Waals surface area (Å²) in [7, 11) is 0. The normalized spacial score (nSPS) is 36.1. The zero-order valence-corrected chi connectivity index (χ0v) is 8.95. The number of rotatable bonds is 2. The van der Waals surface area contributed by atoms with Crippen LogP contribution in [0.1, 0.15) is 39.5 Å². The Labute approximate surface area is 85.2 Å². The first-order chi connectivity index (χ1) is 6.65. The van der Waals surface area contributed by atoms with Crippen LogP contribution in [0.2, 0.25) is 0 Å². The van der Waals surface area contributed by atoms with Crippen LogP contribution in [0.15, 0.2) is 0 Å². The molecule has 2 heterocycles.